The summed E-state index contributed by atoms with van der Waals surface area (Å²) in [5, 5.41) is 1.14. The molecule has 0 atom stereocenters. The first-order valence-electron chi connectivity index (χ1n) is 14.2. The van der Waals surface area contributed by atoms with Gasteiger partial charge in [-0.2, -0.15) is 0 Å². The second-order valence-electron chi connectivity index (χ2n) is 10.8. The molecule has 0 aliphatic heterocycles. The summed E-state index contributed by atoms with van der Waals surface area (Å²) in [6.45, 7) is 0. The number of aryl methyl sites for hydroxylation is 1. The molecule has 1 aliphatic rings. The standard InChI is InChI=1S/C33H43N3/c1-36(2)33-30-20-12-13-21-31(30)34-32(35-33)22-14-19-29-25-23-28(24-26-29)18-9-6-4-3-5-8-15-27-16-10-7-11-17-27/h7,10-13,16-17,20-21,28-29H,3-6,9,14,18-19,22-26H2,1-2H3. The highest BCUT2D eigenvalue weighted by atomic mass is 15.1. The molecule has 1 saturated carbocycles. The number of benzene rings is 2. The lowest BCUT2D eigenvalue weighted by molar-refractivity contribution is 0.245. The van der Waals surface area contributed by atoms with Crippen molar-refractivity contribution in [3.63, 3.8) is 0 Å². The van der Waals surface area contributed by atoms with E-state index in [0.29, 0.717) is 0 Å². The number of nitrogens with zero attached hydrogens (tertiary/aromatic N) is 3. The van der Waals surface area contributed by atoms with Crippen LogP contribution in [0, 0.1) is 23.7 Å². The zero-order valence-corrected chi connectivity index (χ0v) is 22.4. The molecule has 2 aromatic carbocycles. The molecule has 1 fully saturated rings. The highest BCUT2D eigenvalue weighted by Crippen LogP contribution is 2.34. The molecule has 4 rings (SSSR count). The van der Waals surface area contributed by atoms with Crippen LogP contribution >= 0.6 is 0 Å². The first kappa shape index (κ1) is 26.2. The Kier molecular flexibility index (Phi) is 10.2. The number of aromatic nitrogens is 2. The van der Waals surface area contributed by atoms with E-state index in [1.54, 1.807) is 0 Å². The van der Waals surface area contributed by atoms with Crippen molar-refractivity contribution in [1.29, 1.82) is 0 Å². The van der Waals surface area contributed by atoms with Gasteiger partial charge in [0.05, 0.1) is 5.52 Å². The Bertz CT molecular complexity index is 1120. The molecule has 0 unspecified atom stereocenters. The van der Waals surface area contributed by atoms with Crippen LogP contribution in [0.4, 0.5) is 5.82 Å². The fourth-order valence-corrected chi connectivity index (χ4v) is 5.60. The molecule has 3 aromatic rings. The highest BCUT2D eigenvalue weighted by molar-refractivity contribution is 5.89. The average Bonchev–Trinajstić information content (AvgIpc) is 2.91. The Morgan fingerprint density at radius 3 is 2.17 bits per heavy atom. The van der Waals surface area contributed by atoms with E-state index in [0.717, 1.165) is 52.8 Å². The van der Waals surface area contributed by atoms with Crippen molar-refractivity contribution in [1.82, 2.24) is 9.97 Å². The third kappa shape index (κ3) is 8.09. The smallest absolute Gasteiger partial charge is 0.139 e. The Morgan fingerprint density at radius 1 is 0.750 bits per heavy atom. The van der Waals surface area contributed by atoms with Crippen molar-refractivity contribution in [3.05, 3.63) is 66.0 Å². The molecule has 0 amide bonds. The molecule has 0 spiro atoms. The minimum Gasteiger partial charge on any atom is -0.362 e. The van der Waals surface area contributed by atoms with Crippen LogP contribution in [0.5, 0.6) is 0 Å². The Morgan fingerprint density at radius 2 is 1.42 bits per heavy atom. The summed E-state index contributed by atoms with van der Waals surface area (Å²) in [4.78, 5) is 11.8. The quantitative estimate of drug-likeness (QED) is 0.204. The van der Waals surface area contributed by atoms with Gasteiger partial charge in [-0.3, -0.25) is 0 Å². The topological polar surface area (TPSA) is 29.0 Å². The van der Waals surface area contributed by atoms with E-state index in [2.05, 4.69) is 79.4 Å². The second-order valence-corrected chi connectivity index (χ2v) is 10.8. The van der Waals surface area contributed by atoms with Crippen LogP contribution in [-0.4, -0.2) is 24.1 Å². The summed E-state index contributed by atoms with van der Waals surface area (Å²) >= 11 is 0. The molecule has 1 aromatic heterocycles. The lowest BCUT2D eigenvalue weighted by Crippen LogP contribution is -2.15. The summed E-state index contributed by atoms with van der Waals surface area (Å²) in [5.41, 5.74) is 2.19. The van der Waals surface area contributed by atoms with Crippen molar-refractivity contribution >= 4 is 16.7 Å². The summed E-state index contributed by atoms with van der Waals surface area (Å²) in [5.74, 6) is 10.5. The fourth-order valence-electron chi connectivity index (χ4n) is 5.60. The maximum atomic E-state index is 4.88. The van der Waals surface area contributed by atoms with Crippen molar-refractivity contribution < 1.29 is 0 Å². The average molecular weight is 482 g/mol. The lowest BCUT2D eigenvalue weighted by Gasteiger charge is -2.28. The minimum absolute atomic E-state index is 0.901. The Balaban J connectivity index is 1.08. The number of hydrogen-bond acceptors (Lipinski definition) is 3. The fraction of sp³-hybridized carbons (Fsp3) is 0.515. The molecule has 3 nitrogen and oxygen atoms in total. The van der Waals surface area contributed by atoms with E-state index < -0.39 is 0 Å². The lowest BCUT2D eigenvalue weighted by atomic mass is 9.78. The summed E-state index contributed by atoms with van der Waals surface area (Å²) in [6, 6.07) is 18.7. The number of hydrogen-bond donors (Lipinski definition) is 0. The molecular weight excluding hydrogens is 438 g/mol. The van der Waals surface area contributed by atoms with Gasteiger partial charge in [0, 0.05) is 37.9 Å². The number of para-hydroxylation sites is 1. The van der Waals surface area contributed by atoms with Crippen LogP contribution in [0.2, 0.25) is 0 Å². The van der Waals surface area contributed by atoms with Gasteiger partial charge in [0.1, 0.15) is 11.6 Å². The monoisotopic (exact) mass is 481 g/mol. The van der Waals surface area contributed by atoms with Gasteiger partial charge in [-0.15, -0.1) is 0 Å². The van der Waals surface area contributed by atoms with Crippen molar-refractivity contribution in [2.75, 3.05) is 19.0 Å². The van der Waals surface area contributed by atoms with Gasteiger partial charge in [0.15, 0.2) is 0 Å². The minimum atomic E-state index is 0.901. The zero-order valence-electron chi connectivity index (χ0n) is 22.4. The van der Waals surface area contributed by atoms with E-state index in [9.17, 15) is 0 Å². The third-order valence-electron chi connectivity index (χ3n) is 7.70. The number of rotatable bonds is 11. The van der Waals surface area contributed by atoms with Gasteiger partial charge in [-0.05, 0) is 48.9 Å². The van der Waals surface area contributed by atoms with Crippen LogP contribution in [-0.2, 0) is 6.42 Å². The van der Waals surface area contributed by atoms with Gasteiger partial charge in [0.2, 0.25) is 0 Å². The van der Waals surface area contributed by atoms with E-state index in [1.807, 2.05) is 6.07 Å². The molecule has 1 aliphatic carbocycles. The number of anilines is 1. The SMILES string of the molecule is CN(C)c1nc(CCCC2CCC(CCCCCCC#Cc3ccccc3)CC2)nc2ccccc12. The van der Waals surface area contributed by atoms with Crippen LogP contribution in [0.25, 0.3) is 10.9 Å². The van der Waals surface area contributed by atoms with Gasteiger partial charge < -0.3 is 4.90 Å². The van der Waals surface area contributed by atoms with Gasteiger partial charge in [-0.25, -0.2) is 9.97 Å². The van der Waals surface area contributed by atoms with Crippen LogP contribution in [0.1, 0.15) is 88.4 Å². The summed E-state index contributed by atoms with van der Waals surface area (Å²) < 4.78 is 0. The summed E-state index contributed by atoms with van der Waals surface area (Å²) in [7, 11) is 4.14. The molecule has 1 heterocycles. The maximum absolute atomic E-state index is 4.88. The van der Waals surface area contributed by atoms with Crippen molar-refractivity contribution in [2.45, 2.75) is 83.5 Å². The van der Waals surface area contributed by atoms with Gasteiger partial charge >= 0.3 is 0 Å². The van der Waals surface area contributed by atoms with E-state index in [-0.39, 0.29) is 0 Å². The predicted octanol–water partition coefficient (Wildman–Crippen LogP) is 8.22. The molecule has 0 N–H and O–H groups in total. The highest BCUT2D eigenvalue weighted by Gasteiger charge is 2.20. The summed E-state index contributed by atoms with van der Waals surface area (Å²) in [6.07, 6.45) is 17.0. The van der Waals surface area contributed by atoms with Gasteiger partial charge in [0.25, 0.3) is 0 Å². The van der Waals surface area contributed by atoms with Gasteiger partial charge in [-0.1, -0.05) is 100.0 Å². The Hall–Kier alpha value is -2.86. The second kappa shape index (κ2) is 14.0. The zero-order chi connectivity index (χ0) is 25.0. The van der Waals surface area contributed by atoms with Crippen molar-refractivity contribution in [2.24, 2.45) is 11.8 Å². The Labute approximate surface area is 218 Å². The van der Waals surface area contributed by atoms with Crippen LogP contribution in [0.3, 0.4) is 0 Å². The maximum Gasteiger partial charge on any atom is 0.139 e. The van der Waals surface area contributed by atoms with Crippen LogP contribution in [0.15, 0.2) is 54.6 Å². The van der Waals surface area contributed by atoms with Crippen molar-refractivity contribution in [3.8, 4) is 11.8 Å². The normalized spacial score (nSPS) is 17.5. The number of unbranched alkanes of at least 4 members (excludes halogenated alkanes) is 4. The first-order valence-corrected chi connectivity index (χ1v) is 14.2. The van der Waals surface area contributed by atoms with E-state index in [1.165, 1.54) is 70.6 Å². The molecule has 0 saturated heterocycles. The molecule has 36 heavy (non-hydrogen) atoms. The number of fused-ring (bicyclic) bond motifs is 1. The molecule has 0 bridgehead atoms. The molecule has 3 heteroatoms. The van der Waals surface area contributed by atoms with E-state index >= 15 is 0 Å². The predicted molar refractivity (Wildman–Crippen MR) is 153 cm³/mol. The van der Waals surface area contributed by atoms with E-state index in [4.69, 9.17) is 9.97 Å². The molecule has 0 radical (unpaired) electrons. The first-order chi connectivity index (χ1) is 17.7. The molecule has 190 valence electrons. The molecular formula is C33H43N3. The van der Waals surface area contributed by atoms with Crippen LogP contribution < -0.4 is 4.90 Å². The largest absolute Gasteiger partial charge is 0.362 e. The third-order valence-corrected chi connectivity index (χ3v) is 7.70.